The topological polar surface area (TPSA) is 37.4 Å². The molecule has 1 saturated carbocycles. The molecule has 0 heterocycles. The molecule has 0 aromatic carbocycles. The van der Waals surface area contributed by atoms with E-state index in [0.717, 1.165) is 19.9 Å². The maximum atomic E-state index is 12.3. The second-order valence-electron chi connectivity index (χ2n) is 4.77. The van der Waals surface area contributed by atoms with E-state index in [1.807, 2.05) is 6.08 Å². The highest BCUT2D eigenvalue weighted by Crippen LogP contribution is 2.44. The van der Waals surface area contributed by atoms with Crippen molar-refractivity contribution in [2.75, 3.05) is 13.6 Å². The third kappa shape index (κ3) is 2.22. The van der Waals surface area contributed by atoms with Crippen LogP contribution in [0.2, 0.25) is 0 Å². The van der Waals surface area contributed by atoms with Crippen LogP contribution in [0.5, 0.6) is 0 Å². The minimum absolute atomic E-state index is 0.0205. The monoisotopic (exact) mass is 269 g/mol. The zero-order valence-electron chi connectivity index (χ0n) is 9.31. The standard InChI is InChI=1S/C10H14F3NO2S/c1-14(17(15,16)10(11,12)13)6-9-5-7-2-3-8(9)4-7/h2-3,7-9H,4-6H2,1H3. The van der Waals surface area contributed by atoms with Crippen molar-refractivity contribution >= 4 is 10.0 Å². The number of allylic oxidation sites excluding steroid dienone is 2. The fraction of sp³-hybridized carbons (Fsp3) is 0.800. The summed E-state index contributed by atoms with van der Waals surface area (Å²) < 4.78 is 59.6. The van der Waals surface area contributed by atoms with E-state index in [-0.39, 0.29) is 18.4 Å². The molecule has 7 heteroatoms. The highest BCUT2D eigenvalue weighted by Gasteiger charge is 2.49. The van der Waals surface area contributed by atoms with Gasteiger partial charge in [-0.2, -0.15) is 17.5 Å². The first-order valence-electron chi connectivity index (χ1n) is 5.42. The van der Waals surface area contributed by atoms with Crippen LogP contribution in [0.4, 0.5) is 13.2 Å². The van der Waals surface area contributed by atoms with E-state index in [2.05, 4.69) is 6.08 Å². The molecule has 2 bridgehead atoms. The minimum Gasteiger partial charge on any atom is -0.203 e. The van der Waals surface area contributed by atoms with Crippen LogP contribution >= 0.6 is 0 Å². The van der Waals surface area contributed by atoms with Crippen LogP contribution in [-0.4, -0.2) is 31.8 Å². The van der Waals surface area contributed by atoms with Crippen LogP contribution in [0.15, 0.2) is 12.2 Å². The SMILES string of the molecule is CN(CC1CC2C=CC1C2)S(=O)(=O)C(F)(F)F. The lowest BCUT2D eigenvalue weighted by molar-refractivity contribution is -0.0486. The Kier molecular flexibility index (Phi) is 3.02. The number of halogens is 3. The molecule has 0 saturated heterocycles. The van der Waals surface area contributed by atoms with Gasteiger partial charge in [0.2, 0.25) is 0 Å². The van der Waals surface area contributed by atoms with E-state index >= 15 is 0 Å². The lowest BCUT2D eigenvalue weighted by atomic mass is 9.94. The summed E-state index contributed by atoms with van der Waals surface area (Å²) >= 11 is 0. The molecule has 17 heavy (non-hydrogen) atoms. The smallest absolute Gasteiger partial charge is 0.203 e. The molecule has 2 aliphatic rings. The van der Waals surface area contributed by atoms with Crippen LogP contribution in [0.3, 0.4) is 0 Å². The average molecular weight is 269 g/mol. The molecular formula is C10H14F3NO2S. The van der Waals surface area contributed by atoms with Crippen molar-refractivity contribution in [1.29, 1.82) is 0 Å². The second-order valence-corrected chi connectivity index (χ2v) is 6.81. The van der Waals surface area contributed by atoms with Gasteiger partial charge in [-0.3, -0.25) is 0 Å². The van der Waals surface area contributed by atoms with Crippen LogP contribution < -0.4 is 0 Å². The van der Waals surface area contributed by atoms with Gasteiger partial charge in [-0.1, -0.05) is 12.2 Å². The Bertz CT molecular complexity index is 429. The molecule has 0 aliphatic heterocycles. The molecular weight excluding hydrogens is 255 g/mol. The van der Waals surface area contributed by atoms with Crippen molar-refractivity contribution in [3.05, 3.63) is 12.2 Å². The predicted molar refractivity (Wildman–Crippen MR) is 56.4 cm³/mol. The number of hydrogen-bond acceptors (Lipinski definition) is 2. The molecule has 2 rings (SSSR count). The first-order chi connectivity index (χ1) is 7.72. The zero-order chi connectivity index (χ0) is 12.8. The number of alkyl halides is 3. The Morgan fingerprint density at radius 3 is 2.35 bits per heavy atom. The quantitative estimate of drug-likeness (QED) is 0.735. The predicted octanol–water partition coefficient (Wildman–Crippen LogP) is 1.98. The first kappa shape index (κ1) is 12.9. The molecule has 0 radical (unpaired) electrons. The third-order valence-corrected chi connectivity index (χ3v) is 5.17. The van der Waals surface area contributed by atoms with Crippen LogP contribution in [0, 0.1) is 17.8 Å². The van der Waals surface area contributed by atoms with Gasteiger partial charge in [0.05, 0.1) is 0 Å². The third-order valence-electron chi connectivity index (χ3n) is 3.61. The number of hydrogen-bond donors (Lipinski definition) is 0. The molecule has 98 valence electrons. The fourth-order valence-electron chi connectivity index (χ4n) is 2.71. The van der Waals surface area contributed by atoms with E-state index in [1.165, 1.54) is 0 Å². The van der Waals surface area contributed by atoms with E-state index in [9.17, 15) is 21.6 Å². The van der Waals surface area contributed by atoms with Crippen molar-refractivity contribution in [3.63, 3.8) is 0 Å². The first-order valence-corrected chi connectivity index (χ1v) is 6.87. The van der Waals surface area contributed by atoms with Crippen LogP contribution in [-0.2, 0) is 10.0 Å². The van der Waals surface area contributed by atoms with Crippen LogP contribution in [0.25, 0.3) is 0 Å². The molecule has 1 fully saturated rings. The lowest BCUT2D eigenvalue weighted by Gasteiger charge is -2.25. The second kappa shape index (κ2) is 3.98. The minimum atomic E-state index is -5.20. The van der Waals surface area contributed by atoms with Gasteiger partial charge < -0.3 is 0 Å². The molecule has 0 aromatic heterocycles. The van der Waals surface area contributed by atoms with Crippen molar-refractivity contribution in [2.45, 2.75) is 18.3 Å². The van der Waals surface area contributed by atoms with E-state index in [0.29, 0.717) is 10.2 Å². The van der Waals surface area contributed by atoms with Crippen molar-refractivity contribution in [1.82, 2.24) is 4.31 Å². The highest BCUT2D eigenvalue weighted by atomic mass is 32.2. The molecule has 2 aliphatic carbocycles. The van der Waals surface area contributed by atoms with Crippen molar-refractivity contribution in [2.24, 2.45) is 17.8 Å². The van der Waals surface area contributed by atoms with E-state index in [1.54, 1.807) is 0 Å². The molecule has 0 N–H and O–H groups in total. The maximum absolute atomic E-state index is 12.3. The van der Waals surface area contributed by atoms with Crippen LogP contribution in [0.1, 0.15) is 12.8 Å². The van der Waals surface area contributed by atoms with Gasteiger partial charge in [-0.25, -0.2) is 8.42 Å². The van der Waals surface area contributed by atoms with Gasteiger partial charge in [-0.05, 0) is 30.6 Å². The normalized spacial score (nSPS) is 32.6. The summed E-state index contributed by atoms with van der Waals surface area (Å²) in [5, 5.41) is 0. The van der Waals surface area contributed by atoms with Crippen molar-refractivity contribution < 1.29 is 21.6 Å². The Balaban J connectivity index is 2.03. The Labute approximate surface area is 98.3 Å². The molecule has 0 spiro atoms. The summed E-state index contributed by atoms with van der Waals surface area (Å²) in [6.45, 7) is -0.0483. The highest BCUT2D eigenvalue weighted by molar-refractivity contribution is 7.89. The average Bonchev–Trinajstić information content (AvgIpc) is 2.76. The largest absolute Gasteiger partial charge is 0.511 e. The Hall–Kier alpha value is -0.560. The summed E-state index contributed by atoms with van der Waals surface area (Å²) in [5.41, 5.74) is -5.20. The van der Waals surface area contributed by atoms with Gasteiger partial charge >= 0.3 is 15.5 Å². The molecule has 0 aromatic rings. The fourth-order valence-corrected chi connectivity index (χ4v) is 3.45. The number of sulfonamides is 1. The van der Waals surface area contributed by atoms with Gasteiger partial charge in [0.1, 0.15) is 0 Å². The van der Waals surface area contributed by atoms with Crippen molar-refractivity contribution in [3.8, 4) is 0 Å². The lowest BCUT2D eigenvalue weighted by Crippen LogP contribution is -2.41. The summed E-state index contributed by atoms with van der Waals surface area (Å²) in [4.78, 5) is 0. The summed E-state index contributed by atoms with van der Waals surface area (Å²) in [7, 11) is -4.17. The van der Waals surface area contributed by atoms with E-state index < -0.39 is 15.5 Å². The van der Waals surface area contributed by atoms with Gasteiger partial charge in [0.15, 0.2) is 0 Å². The Morgan fingerprint density at radius 2 is 1.94 bits per heavy atom. The van der Waals surface area contributed by atoms with E-state index in [4.69, 9.17) is 0 Å². The molecule has 3 nitrogen and oxygen atoms in total. The summed E-state index contributed by atoms with van der Waals surface area (Å²) in [6.07, 6.45) is 5.80. The zero-order valence-corrected chi connectivity index (χ0v) is 10.1. The summed E-state index contributed by atoms with van der Waals surface area (Å²) in [6, 6.07) is 0. The van der Waals surface area contributed by atoms with Gasteiger partial charge in [0, 0.05) is 13.6 Å². The number of fused-ring (bicyclic) bond motifs is 2. The molecule has 0 amide bonds. The molecule has 3 unspecified atom stereocenters. The number of rotatable bonds is 3. The van der Waals surface area contributed by atoms with Gasteiger partial charge in [-0.15, -0.1) is 0 Å². The summed E-state index contributed by atoms with van der Waals surface area (Å²) in [5.74, 6) is 0.685. The van der Waals surface area contributed by atoms with Gasteiger partial charge in [0.25, 0.3) is 0 Å². The Morgan fingerprint density at radius 1 is 1.29 bits per heavy atom. The maximum Gasteiger partial charge on any atom is 0.511 e. The number of nitrogens with zero attached hydrogens (tertiary/aromatic N) is 1. The molecule has 3 atom stereocenters.